The number of nitrogens with zero attached hydrogens (tertiary/aromatic N) is 1. The number of nitrogens with one attached hydrogen (secondary N) is 1. The average Bonchev–Trinajstić information content (AvgIpc) is 3.28. The van der Waals surface area contributed by atoms with Crippen molar-refractivity contribution in [2.24, 2.45) is 5.92 Å². The molecule has 0 amide bonds. The van der Waals surface area contributed by atoms with Crippen LogP contribution in [-0.4, -0.2) is 12.6 Å². The van der Waals surface area contributed by atoms with Crippen LogP contribution in [0.1, 0.15) is 55.9 Å². The van der Waals surface area contributed by atoms with Gasteiger partial charge >= 0.3 is 0 Å². The van der Waals surface area contributed by atoms with E-state index in [0.717, 1.165) is 19.0 Å². The van der Waals surface area contributed by atoms with E-state index in [4.69, 9.17) is 0 Å². The van der Waals surface area contributed by atoms with Gasteiger partial charge in [0.25, 0.3) is 0 Å². The molecule has 1 aromatic carbocycles. The largest absolute Gasteiger partial charge is 0.336 e. The van der Waals surface area contributed by atoms with E-state index in [1.54, 1.807) is 0 Å². The molecule has 1 atom stereocenters. The summed E-state index contributed by atoms with van der Waals surface area (Å²) in [5.41, 5.74) is 4.01. The van der Waals surface area contributed by atoms with Gasteiger partial charge in [-0.3, -0.25) is 0 Å². The summed E-state index contributed by atoms with van der Waals surface area (Å²) >= 11 is 1.81. The van der Waals surface area contributed by atoms with Gasteiger partial charge in [-0.2, -0.15) is 0 Å². The molecule has 1 saturated carbocycles. The van der Waals surface area contributed by atoms with Gasteiger partial charge in [0.15, 0.2) is 0 Å². The predicted molar refractivity (Wildman–Crippen MR) is 123 cm³/mol. The summed E-state index contributed by atoms with van der Waals surface area (Å²) in [6.45, 7) is 4.22. The van der Waals surface area contributed by atoms with Crippen molar-refractivity contribution in [3.05, 3.63) is 70.4 Å². The van der Waals surface area contributed by atoms with Gasteiger partial charge in [-0.1, -0.05) is 68.5 Å². The number of anilines is 1. The van der Waals surface area contributed by atoms with E-state index in [2.05, 4.69) is 77.1 Å². The zero-order chi connectivity index (χ0) is 19.2. The van der Waals surface area contributed by atoms with Gasteiger partial charge < -0.3 is 10.2 Å². The summed E-state index contributed by atoms with van der Waals surface area (Å²) in [5.74, 6) is 0.923. The summed E-state index contributed by atoms with van der Waals surface area (Å²) in [7, 11) is 0. The van der Waals surface area contributed by atoms with E-state index in [9.17, 15) is 0 Å². The SMILES string of the molecule is CC(CC1CCCCC1)NCc1ccccc1N1CC=CC=C1c1cccs1. The van der Waals surface area contributed by atoms with Gasteiger partial charge in [-0.15, -0.1) is 11.3 Å². The molecule has 1 aliphatic heterocycles. The number of hydrogen-bond donors (Lipinski definition) is 1. The van der Waals surface area contributed by atoms with Crippen LogP contribution in [0.3, 0.4) is 0 Å². The second-order valence-corrected chi connectivity index (χ2v) is 9.17. The molecule has 2 aromatic rings. The summed E-state index contributed by atoms with van der Waals surface area (Å²) in [4.78, 5) is 3.78. The molecule has 3 heteroatoms. The molecule has 2 aliphatic rings. The van der Waals surface area contributed by atoms with Crippen molar-refractivity contribution in [2.75, 3.05) is 11.4 Å². The molecule has 1 fully saturated rings. The maximum absolute atomic E-state index is 3.81. The molecule has 2 nitrogen and oxygen atoms in total. The molecule has 4 rings (SSSR count). The minimum absolute atomic E-state index is 0.574. The fourth-order valence-electron chi connectivity index (χ4n) is 4.60. The van der Waals surface area contributed by atoms with Crippen molar-refractivity contribution in [3.8, 4) is 0 Å². The van der Waals surface area contributed by atoms with Gasteiger partial charge in [0.05, 0.1) is 10.6 Å². The highest BCUT2D eigenvalue weighted by molar-refractivity contribution is 7.11. The molecule has 0 spiro atoms. The molecule has 28 heavy (non-hydrogen) atoms. The lowest BCUT2D eigenvalue weighted by atomic mass is 9.85. The second-order valence-electron chi connectivity index (χ2n) is 8.22. The van der Waals surface area contributed by atoms with Crippen molar-refractivity contribution in [2.45, 2.75) is 58.0 Å². The fourth-order valence-corrected chi connectivity index (χ4v) is 5.36. The lowest BCUT2D eigenvalue weighted by Gasteiger charge is -2.30. The number of thiophene rings is 1. The van der Waals surface area contributed by atoms with Crippen LogP contribution >= 0.6 is 11.3 Å². The number of allylic oxidation sites excluding steroid dienone is 2. The van der Waals surface area contributed by atoms with Crippen LogP contribution in [0.25, 0.3) is 5.70 Å². The summed E-state index contributed by atoms with van der Waals surface area (Å²) in [6.07, 6.45) is 15.1. The summed E-state index contributed by atoms with van der Waals surface area (Å²) < 4.78 is 0. The van der Waals surface area contributed by atoms with Crippen molar-refractivity contribution >= 4 is 22.7 Å². The Morgan fingerprint density at radius 1 is 1.11 bits per heavy atom. The van der Waals surface area contributed by atoms with E-state index < -0.39 is 0 Å². The Kier molecular flexibility index (Phi) is 6.66. The van der Waals surface area contributed by atoms with E-state index in [1.807, 2.05) is 11.3 Å². The first-order valence-electron chi connectivity index (χ1n) is 10.8. The molecule has 1 N–H and O–H groups in total. The molecule has 1 aromatic heterocycles. The first-order chi connectivity index (χ1) is 13.8. The lowest BCUT2D eigenvalue weighted by Crippen LogP contribution is -2.30. The Morgan fingerprint density at radius 2 is 1.96 bits per heavy atom. The van der Waals surface area contributed by atoms with Gasteiger partial charge in [0, 0.05) is 24.8 Å². The maximum atomic E-state index is 3.81. The zero-order valence-corrected chi connectivity index (χ0v) is 17.8. The van der Waals surface area contributed by atoms with E-state index in [1.165, 1.54) is 60.3 Å². The van der Waals surface area contributed by atoms with E-state index in [-0.39, 0.29) is 0 Å². The molecule has 0 saturated heterocycles. The quantitative estimate of drug-likeness (QED) is 0.570. The Labute approximate surface area is 174 Å². The molecule has 0 bridgehead atoms. The zero-order valence-electron chi connectivity index (χ0n) is 16.9. The van der Waals surface area contributed by atoms with Crippen LogP contribution < -0.4 is 10.2 Å². The minimum atomic E-state index is 0.574. The van der Waals surface area contributed by atoms with Gasteiger partial charge in [-0.05, 0) is 48.4 Å². The fraction of sp³-hybridized carbons (Fsp3) is 0.440. The van der Waals surface area contributed by atoms with Crippen molar-refractivity contribution in [1.82, 2.24) is 5.32 Å². The highest BCUT2D eigenvalue weighted by atomic mass is 32.1. The Bertz CT molecular complexity index is 800. The van der Waals surface area contributed by atoms with Gasteiger partial charge in [0.2, 0.25) is 0 Å². The molecule has 1 aliphatic carbocycles. The molecule has 148 valence electrons. The first-order valence-corrected chi connectivity index (χ1v) is 11.7. The third kappa shape index (κ3) is 4.76. The predicted octanol–water partition coefficient (Wildman–Crippen LogP) is 6.61. The first kappa shape index (κ1) is 19.5. The third-order valence-electron chi connectivity index (χ3n) is 6.08. The van der Waals surface area contributed by atoms with Crippen LogP contribution in [0, 0.1) is 5.92 Å². The monoisotopic (exact) mass is 392 g/mol. The van der Waals surface area contributed by atoms with Crippen molar-refractivity contribution in [3.63, 3.8) is 0 Å². The summed E-state index contributed by atoms with van der Waals surface area (Å²) in [6, 6.07) is 13.8. The van der Waals surface area contributed by atoms with Crippen LogP contribution in [0.4, 0.5) is 5.69 Å². The number of hydrogen-bond acceptors (Lipinski definition) is 3. The van der Waals surface area contributed by atoms with Crippen LogP contribution in [0.2, 0.25) is 0 Å². The Hall–Kier alpha value is -1.84. The molecule has 2 heterocycles. The second kappa shape index (κ2) is 9.58. The average molecular weight is 393 g/mol. The molecular weight excluding hydrogens is 360 g/mol. The topological polar surface area (TPSA) is 15.3 Å². The lowest BCUT2D eigenvalue weighted by molar-refractivity contribution is 0.304. The maximum Gasteiger partial charge on any atom is 0.0588 e. The highest BCUT2D eigenvalue weighted by Crippen LogP contribution is 2.33. The minimum Gasteiger partial charge on any atom is -0.336 e. The van der Waals surface area contributed by atoms with Crippen molar-refractivity contribution in [1.29, 1.82) is 0 Å². The molecule has 0 radical (unpaired) electrons. The Morgan fingerprint density at radius 3 is 2.79 bits per heavy atom. The number of rotatable bonds is 7. The standard InChI is InChI=1S/C25H32N2S/c1-20(18-21-10-3-2-4-11-21)26-19-22-12-5-6-13-23(22)27-16-8-7-14-24(27)25-15-9-17-28-25/h5-9,12-15,17,20-21,26H,2-4,10-11,16,18-19H2,1H3. The smallest absolute Gasteiger partial charge is 0.0588 e. The van der Waals surface area contributed by atoms with E-state index >= 15 is 0 Å². The number of benzene rings is 1. The van der Waals surface area contributed by atoms with Gasteiger partial charge in [0.1, 0.15) is 0 Å². The Balaban J connectivity index is 1.45. The molecule has 1 unspecified atom stereocenters. The highest BCUT2D eigenvalue weighted by Gasteiger charge is 2.19. The van der Waals surface area contributed by atoms with Crippen LogP contribution in [0.5, 0.6) is 0 Å². The third-order valence-corrected chi connectivity index (χ3v) is 6.97. The van der Waals surface area contributed by atoms with Crippen molar-refractivity contribution < 1.29 is 0 Å². The normalized spacial score (nSPS) is 18.9. The van der Waals surface area contributed by atoms with Gasteiger partial charge in [-0.25, -0.2) is 0 Å². The number of para-hydroxylation sites is 1. The molecular formula is C25H32N2S. The summed E-state index contributed by atoms with van der Waals surface area (Å²) in [5, 5.41) is 5.97. The van der Waals surface area contributed by atoms with Crippen LogP contribution in [-0.2, 0) is 6.54 Å². The van der Waals surface area contributed by atoms with Crippen LogP contribution in [0.15, 0.2) is 60.0 Å². The van der Waals surface area contributed by atoms with E-state index in [0.29, 0.717) is 6.04 Å².